The lowest BCUT2D eigenvalue weighted by atomic mass is 10.2. The molecule has 0 fully saturated rings. The van der Waals surface area contributed by atoms with E-state index in [1.807, 2.05) is 0 Å². The Balaban J connectivity index is 2.31. The van der Waals surface area contributed by atoms with Gasteiger partial charge in [0.1, 0.15) is 0 Å². The van der Waals surface area contributed by atoms with E-state index in [1.54, 1.807) is 11.8 Å². The molecule has 0 spiro atoms. The largest absolute Gasteiger partial charge is 0.313 e. The van der Waals surface area contributed by atoms with E-state index in [0.29, 0.717) is 6.04 Å². The third-order valence-corrected chi connectivity index (χ3v) is 3.40. The zero-order valence-corrected chi connectivity index (χ0v) is 12.2. The van der Waals surface area contributed by atoms with E-state index in [1.165, 1.54) is 10.5 Å². The number of rotatable bonds is 7. The van der Waals surface area contributed by atoms with Crippen molar-refractivity contribution in [3.63, 3.8) is 0 Å². The Labute approximate surface area is 110 Å². The molecule has 1 rings (SSSR count). The van der Waals surface area contributed by atoms with Crippen molar-refractivity contribution in [2.24, 2.45) is 0 Å². The van der Waals surface area contributed by atoms with Gasteiger partial charge in [0.05, 0.1) is 0 Å². The quantitative estimate of drug-likeness (QED) is 0.751. The summed E-state index contributed by atoms with van der Waals surface area (Å²) >= 11 is 1.79. The van der Waals surface area contributed by atoms with Gasteiger partial charge in [-0.15, -0.1) is 11.8 Å². The van der Waals surface area contributed by atoms with Gasteiger partial charge in [-0.3, -0.25) is 0 Å². The molecule has 0 saturated heterocycles. The maximum atomic E-state index is 3.44. The van der Waals surface area contributed by atoms with Gasteiger partial charge in [0.2, 0.25) is 0 Å². The second kappa shape index (κ2) is 7.75. The fourth-order valence-corrected chi connectivity index (χ4v) is 2.07. The lowest BCUT2D eigenvalue weighted by Gasteiger charge is -2.18. The van der Waals surface area contributed by atoms with E-state index in [-0.39, 0.29) is 0 Å². The fourth-order valence-electron chi connectivity index (χ4n) is 1.67. The molecule has 0 atom stereocenters. The third-order valence-electron chi connectivity index (χ3n) is 2.66. The Kier molecular flexibility index (Phi) is 6.63. The molecule has 0 unspecified atom stereocenters. The molecule has 3 heteroatoms. The SMILES string of the molecule is CSc1ccc(CN(C)CCNC(C)C)cc1. The van der Waals surface area contributed by atoms with Crippen LogP contribution >= 0.6 is 11.8 Å². The van der Waals surface area contributed by atoms with Gasteiger partial charge in [0.15, 0.2) is 0 Å². The van der Waals surface area contributed by atoms with Crippen molar-refractivity contribution in [3.8, 4) is 0 Å². The molecule has 0 saturated carbocycles. The molecular formula is C14H24N2S. The molecule has 0 aromatic heterocycles. The van der Waals surface area contributed by atoms with Crippen molar-refractivity contribution in [2.75, 3.05) is 26.4 Å². The molecule has 1 aromatic rings. The minimum atomic E-state index is 0.573. The van der Waals surface area contributed by atoms with Crippen LogP contribution in [0.4, 0.5) is 0 Å². The predicted octanol–water partition coefficient (Wildman–Crippen LogP) is 2.84. The minimum Gasteiger partial charge on any atom is -0.313 e. The fraction of sp³-hybridized carbons (Fsp3) is 0.571. The van der Waals surface area contributed by atoms with Crippen molar-refractivity contribution in [1.82, 2.24) is 10.2 Å². The van der Waals surface area contributed by atoms with Gasteiger partial charge in [0.25, 0.3) is 0 Å². The molecule has 2 nitrogen and oxygen atoms in total. The van der Waals surface area contributed by atoms with Crippen molar-refractivity contribution in [3.05, 3.63) is 29.8 Å². The molecule has 17 heavy (non-hydrogen) atoms. The summed E-state index contributed by atoms with van der Waals surface area (Å²) < 4.78 is 0. The first-order valence-corrected chi connectivity index (χ1v) is 7.39. The van der Waals surface area contributed by atoms with E-state index >= 15 is 0 Å². The van der Waals surface area contributed by atoms with Crippen LogP contribution in [0.5, 0.6) is 0 Å². The summed E-state index contributed by atoms with van der Waals surface area (Å²) in [7, 11) is 2.17. The van der Waals surface area contributed by atoms with E-state index in [2.05, 4.69) is 61.6 Å². The molecule has 0 bridgehead atoms. The van der Waals surface area contributed by atoms with Crippen molar-refractivity contribution < 1.29 is 0 Å². The zero-order valence-electron chi connectivity index (χ0n) is 11.4. The summed E-state index contributed by atoms with van der Waals surface area (Å²) in [5, 5.41) is 3.44. The van der Waals surface area contributed by atoms with Crippen LogP contribution in [-0.4, -0.2) is 37.3 Å². The first-order chi connectivity index (χ1) is 8.11. The minimum absolute atomic E-state index is 0.573. The molecule has 0 aliphatic heterocycles. The summed E-state index contributed by atoms with van der Waals surface area (Å²) in [5.74, 6) is 0. The van der Waals surface area contributed by atoms with Crippen LogP contribution in [0.2, 0.25) is 0 Å². The van der Waals surface area contributed by atoms with Gasteiger partial charge < -0.3 is 10.2 Å². The van der Waals surface area contributed by atoms with Crippen LogP contribution in [-0.2, 0) is 6.54 Å². The highest BCUT2D eigenvalue weighted by Crippen LogP contribution is 2.15. The van der Waals surface area contributed by atoms with Gasteiger partial charge in [-0.1, -0.05) is 26.0 Å². The molecule has 0 amide bonds. The average molecular weight is 252 g/mol. The number of nitrogens with one attached hydrogen (secondary N) is 1. The molecule has 1 N–H and O–H groups in total. The first-order valence-electron chi connectivity index (χ1n) is 6.16. The summed E-state index contributed by atoms with van der Waals surface area (Å²) in [6.07, 6.45) is 2.11. The highest BCUT2D eigenvalue weighted by molar-refractivity contribution is 7.98. The molecule has 0 radical (unpaired) electrons. The van der Waals surface area contributed by atoms with Crippen molar-refractivity contribution >= 4 is 11.8 Å². The van der Waals surface area contributed by atoms with Crippen LogP contribution < -0.4 is 5.32 Å². The summed E-state index contributed by atoms with van der Waals surface area (Å²) in [4.78, 5) is 3.68. The lowest BCUT2D eigenvalue weighted by molar-refractivity contribution is 0.320. The Hall–Kier alpha value is -0.510. The number of hydrogen-bond acceptors (Lipinski definition) is 3. The number of nitrogens with zero attached hydrogens (tertiary/aromatic N) is 1. The third kappa shape index (κ3) is 6.10. The highest BCUT2D eigenvalue weighted by atomic mass is 32.2. The van der Waals surface area contributed by atoms with E-state index in [0.717, 1.165) is 19.6 Å². The van der Waals surface area contributed by atoms with Gasteiger partial charge in [-0.2, -0.15) is 0 Å². The van der Waals surface area contributed by atoms with E-state index in [4.69, 9.17) is 0 Å². The Bertz CT molecular complexity index is 309. The Morgan fingerprint density at radius 2 is 1.88 bits per heavy atom. The lowest BCUT2D eigenvalue weighted by Crippen LogP contribution is -2.32. The van der Waals surface area contributed by atoms with E-state index in [9.17, 15) is 0 Å². The maximum Gasteiger partial charge on any atom is 0.0231 e. The van der Waals surface area contributed by atoms with Crippen LogP contribution in [0.1, 0.15) is 19.4 Å². The average Bonchev–Trinajstić information content (AvgIpc) is 2.29. The van der Waals surface area contributed by atoms with Gasteiger partial charge in [0, 0.05) is 30.6 Å². The normalized spacial score (nSPS) is 11.4. The van der Waals surface area contributed by atoms with Crippen molar-refractivity contribution in [1.29, 1.82) is 0 Å². The molecule has 0 aliphatic rings. The zero-order chi connectivity index (χ0) is 12.7. The Morgan fingerprint density at radius 1 is 1.24 bits per heavy atom. The van der Waals surface area contributed by atoms with Crippen LogP contribution in [0.3, 0.4) is 0 Å². The summed E-state index contributed by atoms with van der Waals surface area (Å²) in [6.45, 7) is 7.52. The van der Waals surface area contributed by atoms with E-state index < -0.39 is 0 Å². The molecule has 0 aliphatic carbocycles. The number of thioether (sulfide) groups is 1. The van der Waals surface area contributed by atoms with Crippen LogP contribution in [0, 0.1) is 0 Å². The monoisotopic (exact) mass is 252 g/mol. The highest BCUT2D eigenvalue weighted by Gasteiger charge is 2.01. The molecule has 0 heterocycles. The number of likely N-dealkylation sites (N-methyl/N-ethyl adjacent to an activating group) is 1. The Morgan fingerprint density at radius 3 is 2.41 bits per heavy atom. The van der Waals surface area contributed by atoms with Gasteiger partial charge in [-0.25, -0.2) is 0 Å². The van der Waals surface area contributed by atoms with Gasteiger partial charge >= 0.3 is 0 Å². The molecule has 1 aromatic carbocycles. The van der Waals surface area contributed by atoms with Gasteiger partial charge in [-0.05, 0) is 31.0 Å². The second-order valence-corrected chi connectivity index (χ2v) is 5.57. The van der Waals surface area contributed by atoms with Crippen LogP contribution in [0.25, 0.3) is 0 Å². The maximum absolute atomic E-state index is 3.44. The number of benzene rings is 1. The van der Waals surface area contributed by atoms with Crippen LogP contribution in [0.15, 0.2) is 29.2 Å². The van der Waals surface area contributed by atoms with Crippen molar-refractivity contribution in [2.45, 2.75) is 31.3 Å². The molecule has 96 valence electrons. The molecular weight excluding hydrogens is 228 g/mol. The standard InChI is InChI=1S/C14H24N2S/c1-12(2)15-9-10-16(3)11-13-5-7-14(17-4)8-6-13/h5-8,12,15H,9-11H2,1-4H3. The summed E-state index contributed by atoms with van der Waals surface area (Å²) in [5.41, 5.74) is 1.38. The predicted molar refractivity (Wildman–Crippen MR) is 77.7 cm³/mol. The smallest absolute Gasteiger partial charge is 0.0231 e. The number of hydrogen-bond donors (Lipinski definition) is 1. The second-order valence-electron chi connectivity index (χ2n) is 4.69. The first kappa shape index (κ1) is 14.6. The topological polar surface area (TPSA) is 15.3 Å². The summed E-state index contributed by atoms with van der Waals surface area (Å²) in [6, 6.07) is 9.40.